The number of aromatic nitrogens is 1. The van der Waals surface area contributed by atoms with Crippen LogP contribution in [0.15, 0.2) is 42.6 Å². The normalized spacial score (nSPS) is 9.46. The summed E-state index contributed by atoms with van der Waals surface area (Å²) in [6.45, 7) is 7.00. The number of nitrogens with one attached hydrogen (secondary N) is 1. The van der Waals surface area contributed by atoms with E-state index in [0.29, 0.717) is 5.69 Å². The molecule has 0 saturated carbocycles. The first-order valence-electron chi connectivity index (χ1n) is 4.02. The highest BCUT2D eigenvalue weighted by Gasteiger charge is 2.02. The second-order valence-electron chi connectivity index (χ2n) is 2.71. The lowest BCUT2D eigenvalue weighted by atomic mass is 10.1. The number of aromatic amines is 1. The van der Waals surface area contributed by atoms with Crippen molar-refractivity contribution in [3.8, 4) is 11.3 Å². The van der Waals surface area contributed by atoms with Crippen LogP contribution in [-0.4, -0.2) is 4.98 Å². The van der Waals surface area contributed by atoms with Gasteiger partial charge in [0.2, 0.25) is 0 Å². The molecule has 0 aliphatic rings. The van der Waals surface area contributed by atoms with E-state index in [1.807, 2.05) is 42.6 Å². The van der Waals surface area contributed by atoms with Gasteiger partial charge in [0.15, 0.2) is 5.69 Å². The van der Waals surface area contributed by atoms with Gasteiger partial charge in [-0.25, -0.2) is 4.85 Å². The van der Waals surface area contributed by atoms with Gasteiger partial charge in [-0.05, 0) is 12.1 Å². The number of para-hydroxylation sites is 1. The van der Waals surface area contributed by atoms with Crippen LogP contribution >= 0.6 is 0 Å². The fraction of sp³-hybridized carbons (Fsp3) is 0. The lowest BCUT2D eigenvalue weighted by Gasteiger charge is -1.99. The summed E-state index contributed by atoms with van der Waals surface area (Å²) in [5, 5.41) is 0. The highest BCUT2D eigenvalue weighted by atomic mass is 14.7. The Morgan fingerprint density at radius 2 is 1.92 bits per heavy atom. The molecule has 1 heterocycles. The van der Waals surface area contributed by atoms with Crippen LogP contribution in [0.25, 0.3) is 16.1 Å². The van der Waals surface area contributed by atoms with Gasteiger partial charge in [0, 0.05) is 17.5 Å². The third-order valence-electron chi connectivity index (χ3n) is 1.91. The molecule has 2 rings (SSSR count). The number of H-pyrrole nitrogens is 1. The standard InChI is InChI=1S/C11H8N2/c1-12-10-6-3-2-5-9(10)11-7-4-8-13-11/h2-8,13H. The van der Waals surface area contributed by atoms with Crippen molar-refractivity contribution in [3.05, 3.63) is 54.0 Å². The molecule has 0 radical (unpaired) electrons. The molecule has 0 amide bonds. The number of hydrogen-bond donors (Lipinski definition) is 1. The van der Waals surface area contributed by atoms with Crippen molar-refractivity contribution in [1.29, 1.82) is 0 Å². The van der Waals surface area contributed by atoms with Crippen molar-refractivity contribution in [2.75, 3.05) is 0 Å². The third-order valence-corrected chi connectivity index (χ3v) is 1.91. The largest absolute Gasteiger partial charge is 0.362 e. The number of nitrogens with zero attached hydrogens (tertiary/aromatic N) is 1. The topological polar surface area (TPSA) is 20.1 Å². The van der Waals surface area contributed by atoms with Gasteiger partial charge in [0.1, 0.15) is 0 Å². The Morgan fingerprint density at radius 3 is 2.62 bits per heavy atom. The first kappa shape index (κ1) is 7.63. The van der Waals surface area contributed by atoms with Crippen molar-refractivity contribution in [2.24, 2.45) is 0 Å². The molecular weight excluding hydrogens is 160 g/mol. The Bertz CT molecular complexity index is 435. The Balaban J connectivity index is 2.59. The lowest BCUT2D eigenvalue weighted by molar-refractivity contribution is 1.40. The third kappa shape index (κ3) is 1.32. The van der Waals surface area contributed by atoms with Crippen molar-refractivity contribution < 1.29 is 0 Å². The van der Waals surface area contributed by atoms with Gasteiger partial charge >= 0.3 is 0 Å². The van der Waals surface area contributed by atoms with Crippen molar-refractivity contribution in [3.63, 3.8) is 0 Å². The highest BCUT2D eigenvalue weighted by molar-refractivity contribution is 5.75. The van der Waals surface area contributed by atoms with E-state index < -0.39 is 0 Å². The zero-order chi connectivity index (χ0) is 9.10. The van der Waals surface area contributed by atoms with Crippen LogP contribution in [0.2, 0.25) is 0 Å². The van der Waals surface area contributed by atoms with Crippen LogP contribution in [-0.2, 0) is 0 Å². The van der Waals surface area contributed by atoms with Gasteiger partial charge in [-0.1, -0.05) is 24.3 Å². The lowest BCUT2D eigenvalue weighted by Crippen LogP contribution is -1.75. The van der Waals surface area contributed by atoms with Gasteiger partial charge in [0.05, 0.1) is 6.57 Å². The maximum atomic E-state index is 7.00. The smallest absolute Gasteiger partial charge is 0.196 e. The molecule has 0 aliphatic carbocycles. The Hall–Kier alpha value is -2.01. The Morgan fingerprint density at radius 1 is 1.08 bits per heavy atom. The van der Waals surface area contributed by atoms with Crippen LogP contribution in [0, 0.1) is 6.57 Å². The van der Waals surface area contributed by atoms with Gasteiger partial charge in [0.25, 0.3) is 0 Å². The minimum Gasteiger partial charge on any atom is -0.362 e. The van der Waals surface area contributed by atoms with E-state index in [1.165, 1.54) is 0 Å². The minimum atomic E-state index is 0.685. The molecule has 62 valence electrons. The maximum Gasteiger partial charge on any atom is 0.196 e. The van der Waals surface area contributed by atoms with E-state index in [2.05, 4.69) is 9.83 Å². The molecule has 0 saturated heterocycles. The Kier molecular flexibility index (Phi) is 1.85. The number of benzene rings is 1. The summed E-state index contributed by atoms with van der Waals surface area (Å²) in [6, 6.07) is 11.5. The predicted molar refractivity (Wildman–Crippen MR) is 52.5 cm³/mol. The van der Waals surface area contributed by atoms with Crippen LogP contribution in [0.1, 0.15) is 0 Å². The Labute approximate surface area is 76.7 Å². The zero-order valence-corrected chi connectivity index (χ0v) is 6.99. The molecule has 0 atom stereocenters. The van der Waals surface area contributed by atoms with Crippen LogP contribution in [0.4, 0.5) is 5.69 Å². The summed E-state index contributed by atoms with van der Waals surface area (Å²) >= 11 is 0. The predicted octanol–water partition coefficient (Wildman–Crippen LogP) is 3.23. The summed E-state index contributed by atoms with van der Waals surface area (Å²) < 4.78 is 0. The molecule has 0 unspecified atom stereocenters. The molecule has 0 aliphatic heterocycles. The molecule has 1 aromatic carbocycles. The second-order valence-corrected chi connectivity index (χ2v) is 2.71. The fourth-order valence-electron chi connectivity index (χ4n) is 1.30. The summed E-state index contributed by atoms with van der Waals surface area (Å²) in [7, 11) is 0. The molecular formula is C11H8N2. The first-order valence-corrected chi connectivity index (χ1v) is 4.02. The summed E-state index contributed by atoms with van der Waals surface area (Å²) in [6.07, 6.45) is 1.86. The second kappa shape index (κ2) is 3.16. The van der Waals surface area contributed by atoms with Gasteiger partial charge in [-0.15, -0.1) is 0 Å². The molecule has 0 bridgehead atoms. The molecule has 2 heteroatoms. The van der Waals surface area contributed by atoms with E-state index in [4.69, 9.17) is 6.57 Å². The average molecular weight is 168 g/mol. The molecule has 13 heavy (non-hydrogen) atoms. The first-order chi connectivity index (χ1) is 6.42. The van der Waals surface area contributed by atoms with Gasteiger partial charge in [-0.2, -0.15) is 0 Å². The van der Waals surface area contributed by atoms with Crippen molar-refractivity contribution in [2.45, 2.75) is 0 Å². The number of hydrogen-bond acceptors (Lipinski definition) is 0. The summed E-state index contributed by atoms with van der Waals surface area (Å²) in [5.41, 5.74) is 2.64. The molecule has 1 aromatic heterocycles. The molecule has 1 N–H and O–H groups in total. The molecule has 2 aromatic rings. The van der Waals surface area contributed by atoms with Crippen LogP contribution in [0.5, 0.6) is 0 Å². The van der Waals surface area contributed by atoms with E-state index >= 15 is 0 Å². The SMILES string of the molecule is [C-]#[N+]c1ccccc1-c1ccc[nH]1. The molecule has 0 fully saturated rings. The van der Waals surface area contributed by atoms with Crippen LogP contribution in [0.3, 0.4) is 0 Å². The van der Waals surface area contributed by atoms with Crippen molar-refractivity contribution >= 4 is 5.69 Å². The molecule has 2 nitrogen and oxygen atoms in total. The van der Waals surface area contributed by atoms with Crippen LogP contribution < -0.4 is 0 Å². The zero-order valence-electron chi connectivity index (χ0n) is 6.99. The van der Waals surface area contributed by atoms with Gasteiger partial charge < -0.3 is 4.98 Å². The summed E-state index contributed by atoms with van der Waals surface area (Å²) in [4.78, 5) is 6.54. The van der Waals surface area contributed by atoms with Crippen molar-refractivity contribution in [1.82, 2.24) is 4.98 Å². The van der Waals surface area contributed by atoms with E-state index in [0.717, 1.165) is 11.3 Å². The number of rotatable bonds is 1. The minimum absolute atomic E-state index is 0.685. The monoisotopic (exact) mass is 168 g/mol. The van der Waals surface area contributed by atoms with E-state index in [1.54, 1.807) is 0 Å². The average Bonchev–Trinajstić information content (AvgIpc) is 2.70. The fourth-order valence-corrected chi connectivity index (χ4v) is 1.30. The highest BCUT2D eigenvalue weighted by Crippen LogP contribution is 2.28. The molecule has 0 spiro atoms. The van der Waals surface area contributed by atoms with Gasteiger partial charge in [-0.3, -0.25) is 0 Å². The van der Waals surface area contributed by atoms with E-state index in [9.17, 15) is 0 Å². The maximum absolute atomic E-state index is 7.00. The quantitative estimate of drug-likeness (QED) is 0.631. The van der Waals surface area contributed by atoms with E-state index in [-0.39, 0.29) is 0 Å². The summed E-state index contributed by atoms with van der Waals surface area (Å²) in [5.74, 6) is 0.